The van der Waals surface area contributed by atoms with Crippen molar-refractivity contribution in [3.8, 4) is 6.07 Å². The molecule has 2 aromatic carbocycles. The van der Waals surface area contributed by atoms with Gasteiger partial charge in [0.1, 0.15) is 5.82 Å². The van der Waals surface area contributed by atoms with Crippen LogP contribution in [0, 0.1) is 17.1 Å². The maximum absolute atomic E-state index is 12.8. The van der Waals surface area contributed by atoms with Crippen LogP contribution in [0.25, 0.3) is 0 Å². The quantitative estimate of drug-likeness (QED) is 0.830. The van der Waals surface area contributed by atoms with E-state index in [1.165, 1.54) is 23.9 Å². The van der Waals surface area contributed by atoms with Crippen molar-refractivity contribution in [2.75, 3.05) is 5.75 Å². The number of amides is 1. The van der Waals surface area contributed by atoms with Crippen LogP contribution >= 0.6 is 11.8 Å². The highest BCUT2D eigenvalue weighted by atomic mass is 32.2. The van der Waals surface area contributed by atoms with Crippen LogP contribution in [0.2, 0.25) is 0 Å². The summed E-state index contributed by atoms with van der Waals surface area (Å²) in [4.78, 5) is 12.7. The van der Waals surface area contributed by atoms with E-state index in [9.17, 15) is 9.18 Å². The number of hydrogen-bond acceptors (Lipinski definition) is 3. The van der Waals surface area contributed by atoms with Gasteiger partial charge in [-0.25, -0.2) is 4.39 Å². The summed E-state index contributed by atoms with van der Waals surface area (Å²) in [6.07, 6.45) is 0.389. The zero-order valence-corrected chi connectivity index (χ0v) is 12.7. The van der Waals surface area contributed by atoms with E-state index in [0.29, 0.717) is 24.3 Å². The molecular formula is C17H15FN2OS. The third kappa shape index (κ3) is 5.23. The molecule has 0 atom stereocenters. The summed E-state index contributed by atoms with van der Waals surface area (Å²) in [5.74, 6) is 0.328. The van der Waals surface area contributed by atoms with E-state index in [2.05, 4.69) is 11.4 Å². The summed E-state index contributed by atoms with van der Waals surface area (Å²) in [7, 11) is 0. The third-order valence-corrected chi connectivity index (χ3v) is 3.97. The number of nitrogens with zero attached hydrogens (tertiary/aromatic N) is 1. The zero-order valence-electron chi connectivity index (χ0n) is 11.9. The molecule has 0 radical (unpaired) electrons. The summed E-state index contributed by atoms with van der Waals surface area (Å²) in [5.41, 5.74) is 1.48. The minimum Gasteiger partial charge on any atom is -0.352 e. The van der Waals surface area contributed by atoms with Crippen LogP contribution in [0.5, 0.6) is 0 Å². The first-order chi connectivity index (χ1) is 10.7. The predicted molar refractivity (Wildman–Crippen MR) is 84.7 cm³/mol. The Labute approximate surface area is 133 Å². The van der Waals surface area contributed by atoms with Crippen LogP contribution in [-0.4, -0.2) is 11.7 Å². The van der Waals surface area contributed by atoms with Crippen LogP contribution < -0.4 is 5.32 Å². The Balaban J connectivity index is 1.71. The van der Waals surface area contributed by atoms with Gasteiger partial charge < -0.3 is 5.32 Å². The molecule has 2 rings (SSSR count). The fraction of sp³-hybridized carbons (Fsp3) is 0.176. The Morgan fingerprint density at radius 3 is 2.73 bits per heavy atom. The van der Waals surface area contributed by atoms with Crippen molar-refractivity contribution >= 4 is 17.7 Å². The van der Waals surface area contributed by atoms with Gasteiger partial charge in [0.2, 0.25) is 5.91 Å². The Kier molecular flexibility index (Phi) is 5.99. The third-order valence-electron chi connectivity index (χ3n) is 2.96. The van der Waals surface area contributed by atoms with Gasteiger partial charge in [-0.1, -0.05) is 12.1 Å². The van der Waals surface area contributed by atoms with Crippen LogP contribution in [0.4, 0.5) is 4.39 Å². The first kappa shape index (κ1) is 16.1. The van der Waals surface area contributed by atoms with Gasteiger partial charge in [0.05, 0.1) is 11.6 Å². The molecule has 3 nitrogen and oxygen atoms in total. The lowest BCUT2D eigenvalue weighted by Gasteiger charge is -2.06. The molecular weight excluding hydrogens is 299 g/mol. The number of benzene rings is 2. The number of nitriles is 1. The fourth-order valence-corrected chi connectivity index (χ4v) is 2.68. The number of carbonyl (C=O) groups excluding carboxylic acids is 1. The Hall–Kier alpha value is -2.32. The second kappa shape index (κ2) is 8.20. The van der Waals surface area contributed by atoms with Gasteiger partial charge >= 0.3 is 0 Å². The van der Waals surface area contributed by atoms with Crippen LogP contribution in [0.3, 0.4) is 0 Å². The highest BCUT2D eigenvalue weighted by molar-refractivity contribution is 7.99. The average Bonchev–Trinajstić information content (AvgIpc) is 2.55. The number of thioether (sulfide) groups is 1. The van der Waals surface area contributed by atoms with Gasteiger partial charge in [-0.2, -0.15) is 5.26 Å². The average molecular weight is 314 g/mol. The molecule has 0 aliphatic rings. The van der Waals surface area contributed by atoms with Crippen LogP contribution in [0.1, 0.15) is 17.5 Å². The fourth-order valence-electron chi connectivity index (χ4n) is 1.83. The van der Waals surface area contributed by atoms with Crippen molar-refractivity contribution in [1.29, 1.82) is 5.26 Å². The second-order valence-corrected chi connectivity index (χ2v) is 5.81. The molecule has 0 spiro atoms. The van der Waals surface area contributed by atoms with E-state index in [1.807, 2.05) is 6.07 Å². The van der Waals surface area contributed by atoms with Gasteiger partial charge in [0.25, 0.3) is 0 Å². The number of rotatable bonds is 6. The minimum atomic E-state index is -0.262. The van der Waals surface area contributed by atoms with Gasteiger partial charge in [-0.15, -0.1) is 11.8 Å². The first-order valence-corrected chi connectivity index (χ1v) is 7.80. The SMILES string of the molecule is N#Cc1cccc(CNC(=O)CCSc2ccc(F)cc2)c1. The lowest BCUT2D eigenvalue weighted by Crippen LogP contribution is -2.23. The van der Waals surface area contributed by atoms with Crippen molar-refractivity contribution in [2.45, 2.75) is 17.9 Å². The van der Waals surface area contributed by atoms with Crippen molar-refractivity contribution in [1.82, 2.24) is 5.32 Å². The smallest absolute Gasteiger partial charge is 0.221 e. The van der Waals surface area contributed by atoms with Gasteiger partial charge in [-0.3, -0.25) is 4.79 Å². The maximum atomic E-state index is 12.8. The van der Waals surface area contributed by atoms with E-state index in [4.69, 9.17) is 5.26 Å². The summed E-state index contributed by atoms with van der Waals surface area (Å²) >= 11 is 1.51. The van der Waals surface area contributed by atoms with Crippen LogP contribution in [0.15, 0.2) is 53.4 Å². The Morgan fingerprint density at radius 1 is 1.23 bits per heavy atom. The van der Waals surface area contributed by atoms with E-state index in [-0.39, 0.29) is 11.7 Å². The summed E-state index contributed by atoms with van der Waals surface area (Å²) < 4.78 is 12.8. The van der Waals surface area contributed by atoms with Crippen LogP contribution in [-0.2, 0) is 11.3 Å². The Bertz CT molecular complexity index is 680. The lowest BCUT2D eigenvalue weighted by atomic mass is 10.1. The molecule has 0 aliphatic carbocycles. The largest absolute Gasteiger partial charge is 0.352 e. The number of nitrogens with one attached hydrogen (secondary N) is 1. The lowest BCUT2D eigenvalue weighted by molar-refractivity contribution is -0.120. The molecule has 0 unspecified atom stereocenters. The maximum Gasteiger partial charge on any atom is 0.221 e. The summed E-state index contributed by atoms with van der Waals surface area (Å²) in [5, 5.41) is 11.6. The molecule has 5 heteroatoms. The Morgan fingerprint density at radius 2 is 2.00 bits per heavy atom. The van der Waals surface area contributed by atoms with Crippen molar-refractivity contribution in [3.63, 3.8) is 0 Å². The highest BCUT2D eigenvalue weighted by Gasteiger charge is 2.03. The van der Waals surface area contributed by atoms with Gasteiger partial charge in [0, 0.05) is 23.6 Å². The minimum absolute atomic E-state index is 0.0445. The molecule has 0 saturated heterocycles. The molecule has 0 fully saturated rings. The number of halogens is 1. The van der Waals surface area contributed by atoms with Gasteiger partial charge in [-0.05, 0) is 42.0 Å². The topological polar surface area (TPSA) is 52.9 Å². The summed E-state index contributed by atoms with van der Waals surface area (Å²) in [6.45, 7) is 0.412. The molecule has 112 valence electrons. The van der Waals surface area contributed by atoms with E-state index in [1.54, 1.807) is 30.3 Å². The zero-order chi connectivity index (χ0) is 15.8. The summed E-state index contributed by atoms with van der Waals surface area (Å²) in [6, 6.07) is 15.4. The first-order valence-electron chi connectivity index (χ1n) is 6.81. The van der Waals surface area contributed by atoms with E-state index < -0.39 is 0 Å². The van der Waals surface area contributed by atoms with E-state index >= 15 is 0 Å². The van der Waals surface area contributed by atoms with Crippen molar-refractivity contribution in [3.05, 3.63) is 65.5 Å². The normalized spacial score (nSPS) is 10.0. The molecule has 0 saturated carbocycles. The predicted octanol–water partition coefficient (Wildman–Crippen LogP) is 3.50. The highest BCUT2D eigenvalue weighted by Crippen LogP contribution is 2.18. The molecule has 0 aromatic heterocycles. The van der Waals surface area contributed by atoms with E-state index in [0.717, 1.165) is 10.5 Å². The standard InChI is InChI=1S/C17H15FN2OS/c18-15-4-6-16(7-5-15)22-9-8-17(21)20-12-14-3-1-2-13(10-14)11-19/h1-7,10H,8-9,12H2,(H,20,21). The molecule has 0 aliphatic heterocycles. The molecule has 2 aromatic rings. The molecule has 0 heterocycles. The molecule has 1 N–H and O–H groups in total. The molecule has 22 heavy (non-hydrogen) atoms. The molecule has 0 bridgehead atoms. The second-order valence-electron chi connectivity index (χ2n) is 4.64. The molecule has 1 amide bonds. The van der Waals surface area contributed by atoms with Gasteiger partial charge in [0.15, 0.2) is 0 Å². The number of hydrogen-bond donors (Lipinski definition) is 1. The van der Waals surface area contributed by atoms with Crippen molar-refractivity contribution < 1.29 is 9.18 Å². The monoisotopic (exact) mass is 314 g/mol. The van der Waals surface area contributed by atoms with Crippen molar-refractivity contribution in [2.24, 2.45) is 0 Å². The number of carbonyl (C=O) groups is 1.